The molecule has 1 heterocycles. The van der Waals surface area contributed by atoms with Crippen LogP contribution in [0.15, 0.2) is 36.5 Å². The Labute approximate surface area is 136 Å². The molecule has 0 saturated heterocycles. The van der Waals surface area contributed by atoms with Crippen molar-refractivity contribution in [2.45, 2.75) is 33.1 Å². The van der Waals surface area contributed by atoms with Crippen LogP contribution in [0.25, 0.3) is 10.9 Å². The summed E-state index contributed by atoms with van der Waals surface area (Å²) in [5, 5.41) is 3.83. The summed E-state index contributed by atoms with van der Waals surface area (Å²) in [7, 11) is 0. The third kappa shape index (κ3) is 4.77. The van der Waals surface area contributed by atoms with Crippen LogP contribution in [0.4, 0.5) is 5.69 Å². The number of nitrogens with zero attached hydrogens (tertiary/aromatic N) is 2. The molecule has 2 aromatic rings. The smallest absolute Gasteiger partial charge is 0.244 e. The summed E-state index contributed by atoms with van der Waals surface area (Å²) in [6.45, 7) is 4.30. The lowest BCUT2D eigenvalue weighted by Gasteiger charge is -2.20. The molecule has 5 nitrogen and oxygen atoms in total. The van der Waals surface area contributed by atoms with Gasteiger partial charge in [0.05, 0.1) is 17.7 Å². The Kier molecular flexibility index (Phi) is 6.09. The number of amides is 2. The van der Waals surface area contributed by atoms with E-state index in [0.717, 1.165) is 30.2 Å². The molecule has 1 aromatic carbocycles. The van der Waals surface area contributed by atoms with Gasteiger partial charge in [0, 0.05) is 25.1 Å². The predicted molar refractivity (Wildman–Crippen MR) is 92.2 cm³/mol. The minimum atomic E-state index is -0.199. The van der Waals surface area contributed by atoms with Gasteiger partial charge in [-0.1, -0.05) is 38.0 Å². The highest BCUT2D eigenvalue weighted by atomic mass is 16.2. The van der Waals surface area contributed by atoms with Gasteiger partial charge in [0.25, 0.3) is 0 Å². The first-order valence-corrected chi connectivity index (χ1v) is 8.01. The van der Waals surface area contributed by atoms with E-state index in [9.17, 15) is 9.59 Å². The summed E-state index contributed by atoms with van der Waals surface area (Å²) in [6, 6.07) is 9.46. The van der Waals surface area contributed by atoms with Crippen molar-refractivity contribution in [3.05, 3.63) is 36.5 Å². The molecule has 0 aliphatic carbocycles. The minimum absolute atomic E-state index is 0.0717. The number of para-hydroxylation sites is 1. The average molecular weight is 313 g/mol. The van der Waals surface area contributed by atoms with Crippen LogP contribution in [0.3, 0.4) is 0 Å². The summed E-state index contributed by atoms with van der Waals surface area (Å²) in [5.41, 5.74) is 1.42. The number of anilines is 1. The van der Waals surface area contributed by atoms with Gasteiger partial charge in [-0.05, 0) is 18.6 Å². The second kappa shape index (κ2) is 8.27. The Morgan fingerprint density at radius 2 is 1.96 bits per heavy atom. The molecule has 0 atom stereocenters. The Bertz CT molecular complexity index is 680. The van der Waals surface area contributed by atoms with E-state index in [2.05, 4.69) is 17.2 Å². The zero-order valence-corrected chi connectivity index (χ0v) is 13.7. The fraction of sp³-hybridized carbons (Fsp3) is 0.389. The highest BCUT2D eigenvalue weighted by molar-refractivity contribution is 6.01. The Balaban J connectivity index is 2.03. The van der Waals surface area contributed by atoms with E-state index >= 15 is 0 Å². The van der Waals surface area contributed by atoms with Crippen LogP contribution in [0, 0.1) is 0 Å². The molecule has 0 radical (unpaired) electrons. The average Bonchev–Trinajstić information content (AvgIpc) is 2.54. The molecule has 2 rings (SSSR count). The van der Waals surface area contributed by atoms with Crippen LogP contribution in [-0.2, 0) is 9.59 Å². The number of aromatic nitrogens is 1. The molecule has 0 bridgehead atoms. The molecule has 1 N–H and O–H groups in total. The van der Waals surface area contributed by atoms with E-state index in [1.54, 1.807) is 11.1 Å². The lowest BCUT2D eigenvalue weighted by atomic mass is 10.2. The zero-order chi connectivity index (χ0) is 16.7. The standard InChI is InChI=1S/C18H23N3O2/c1-3-4-5-12-21(14(2)22)13-17(23)20-16-10-6-8-15-9-7-11-19-18(15)16/h6-11H,3-5,12-13H2,1-2H3,(H,20,23). The number of carbonyl (C=O) groups is 2. The van der Waals surface area contributed by atoms with Crippen molar-refractivity contribution >= 4 is 28.4 Å². The number of hydrogen-bond acceptors (Lipinski definition) is 3. The maximum atomic E-state index is 12.3. The van der Waals surface area contributed by atoms with Gasteiger partial charge in [-0.2, -0.15) is 0 Å². The SMILES string of the molecule is CCCCCN(CC(=O)Nc1cccc2cccnc12)C(C)=O. The fourth-order valence-corrected chi connectivity index (χ4v) is 2.47. The molecule has 0 fully saturated rings. The number of carbonyl (C=O) groups excluding carboxylic acids is 2. The molecule has 122 valence electrons. The monoisotopic (exact) mass is 313 g/mol. The second-order valence-electron chi connectivity index (χ2n) is 5.58. The van der Waals surface area contributed by atoms with Crippen molar-refractivity contribution in [3.8, 4) is 0 Å². The summed E-state index contributed by atoms with van der Waals surface area (Å²) < 4.78 is 0. The molecule has 0 aliphatic heterocycles. The molecule has 0 saturated carbocycles. The second-order valence-corrected chi connectivity index (χ2v) is 5.58. The lowest BCUT2D eigenvalue weighted by Crippen LogP contribution is -2.37. The van der Waals surface area contributed by atoms with E-state index in [4.69, 9.17) is 0 Å². The Hall–Kier alpha value is -2.43. The fourth-order valence-electron chi connectivity index (χ4n) is 2.47. The largest absolute Gasteiger partial charge is 0.334 e. The van der Waals surface area contributed by atoms with Crippen LogP contribution < -0.4 is 5.32 Å². The molecule has 0 aliphatic rings. The van der Waals surface area contributed by atoms with Crippen molar-refractivity contribution in [2.75, 3.05) is 18.4 Å². The van der Waals surface area contributed by atoms with Crippen molar-refractivity contribution in [1.29, 1.82) is 0 Å². The summed E-state index contributed by atoms with van der Waals surface area (Å²) in [4.78, 5) is 29.8. The van der Waals surface area contributed by atoms with Crippen molar-refractivity contribution < 1.29 is 9.59 Å². The van der Waals surface area contributed by atoms with E-state index in [1.807, 2.05) is 30.3 Å². The van der Waals surface area contributed by atoms with E-state index in [0.29, 0.717) is 12.2 Å². The number of unbranched alkanes of at least 4 members (excludes halogenated alkanes) is 2. The van der Waals surface area contributed by atoms with Gasteiger partial charge in [-0.25, -0.2) is 0 Å². The highest BCUT2D eigenvalue weighted by Gasteiger charge is 2.14. The maximum absolute atomic E-state index is 12.3. The molecule has 5 heteroatoms. The number of benzene rings is 1. The van der Waals surface area contributed by atoms with Crippen molar-refractivity contribution in [1.82, 2.24) is 9.88 Å². The third-order valence-corrected chi connectivity index (χ3v) is 3.72. The lowest BCUT2D eigenvalue weighted by molar-refractivity contribution is -0.132. The van der Waals surface area contributed by atoms with E-state index in [-0.39, 0.29) is 18.4 Å². The van der Waals surface area contributed by atoms with Crippen molar-refractivity contribution in [3.63, 3.8) is 0 Å². The number of hydrogen-bond donors (Lipinski definition) is 1. The van der Waals surface area contributed by atoms with Gasteiger partial charge in [-0.3, -0.25) is 14.6 Å². The Morgan fingerprint density at radius 1 is 1.17 bits per heavy atom. The number of fused-ring (bicyclic) bond motifs is 1. The first-order valence-electron chi connectivity index (χ1n) is 8.01. The van der Waals surface area contributed by atoms with E-state index in [1.165, 1.54) is 6.92 Å². The van der Waals surface area contributed by atoms with Gasteiger partial charge in [0.1, 0.15) is 0 Å². The highest BCUT2D eigenvalue weighted by Crippen LogP contribution is 2.20. The molecule has 2 amide bonds. The normalized spacial score (nSPS) is 10.5. The van der Waals surface area contributed by atoms with Crippen LogP contribution in [0.1, 0.15) is 33.1 Å². The molecule has 0 spiro atoms. The van der Waals surface area contributed by atoms with Gasteiger partial charge < -0.3 is 10.2 Å². The molecule has 1 aromatic heterocycles. The first kappa shape index (κ1) is 16.9. The molecule has 0 unspecified atom stereocenters. The Morgan fingerprint density at radius 3 is 2.70 bits per heavy atom. The number of pyridine rings is 1. The van der Waals surface area contributed by atoms with Gasteiger partial charge >= 0.3 is 0 Å². The van der Waals surface area contributed by atoms with Crippen LogP contribution in [-0.4, -0.2) is 34.8 Å². The summed E-state index contributed by atoms with van der Waals surface area (Å²) in [6.07, 6.45) is 4.75. The quantitative estimate of drug-likeness (QED) is 0.798. The first-order chi connectivity index (χ1) is 11.1. The predicted octanol–water partition coefficient (Wildman–Crippen LogP) is 3.21. The summed E-state index contributed by atoms with van der Waals surface area (Å²) >= 11 is 0. The van der Waals surface area contributed by atoms with Crippen molar-refractivity contribution in [2.24, 2.45) is 0 Å². The van der Waals surface area contributed by atoms with E-state index < -0.39 is 0 Å². The molecule has 23 heavy (non-hydrogen) atoms. The molecular formula is C18H23N3O2. The van der Waals surface area contributed by atoms with Crippen LogP contribution in [0.2, 0.25) is 0 Å². The van der Waals surface area contributed by atoms with Crippen LogP contribution >= 0.6 is 0 Å². The number of nitrogens with one attached hydrogen (secondary N) is 1. The van der Waals surface area contributed by atoms with Gasteiger partial charge in [0.2, 0.25) is 11.8 Å². The third-order valence-electron chi connectivity index (χ3n) is 3.72. The minimum Gasteiger partial charge on any atom is -0.334 e. The van der Waals surface area contributed by atoms with Gasteiger partial charge in [0.15, 0.2) is 0 Å². The van der Waals surface area contributed by atoms with Crippen LogP contribution in [0.5, 0.6) is 0 Å². The topological polar surface area (TPSA) is 62.3 Å². The maximum Gasteiger partial charge on any atom is 0.244 e. The molecular weight excluding hydrogens is 290 g/mol. The number of rotatable bonds is 7. The summed E-state index contributed by atoms with van der Waals surface area (Å²) in [5.74, 6) is -0.276. The zero-order valence-electron chi connectivity index (χ0n) is 13.7. The van der Waals surface area contributed by atoms with Gasteiger partial charge in [-0.15, -0.1) is 0 Å².